The Bertz CT molecular complexity index is 958. The highest BCUT2D eigenvalue weighted by molar-refractivity contribution is 5.97. The summed E-state index contributed by atoms with van der Waals surface area (Å²) in [6, 6.07) is 20.0. The van der Waals surface area contributed by atoms with Gasteiger partial charge in [-0.05, 0) is 36.8 Å². The number of esters is 1. The predicted molar refractivity (Wildman–Crippen MR) is 108 cm³/mol. The Kier molecular flexibility index (Phi) is 6.36. The number of hydrogen-bond acceptors (Lipinski definition) is 5. The Morgan fingerprint density at radius 2 is 1.75 bits per heavy atom. The van der Waals surface area contributed by atoms with Crippen molar-refractivity contribution in [3.63, 3.8) is 0 Å². The summed E-state index contributed by atoms with van der Waals surface area (Å²) in [5.41, 5.74) is 2.47. The van der Waals surface area contributed by atoms with E-state index in [1.165, 1.54) is 0 Å². The lowest BCUT2D eigenvalue weighted by molar-refractivity contribution is 0.0527. The highest BCUT2D eigenvalue weighted by atomic mass is 16.5. The number of nitrogens with zero attached hydrogens (tertiary/aromatic N) is 1. The van der Waals surface area contributed by atoms with E-state index < -0.39 is 5.97 Å². The quantitative estimate of drug-likeness (QED) is 0.612. The number of para-hydroxylation sites is 1. The molecule has 2 aromatic carbocycles. The first-order valence-corrected chi connectivity index (χ1v) is 8.98. The van der Waals surface area contributed by atoms with Gasteiger partial charge in [-0.15, -0.1) is 0 Å². The van der Waals surface area contributed by atoms with Gasteiger partial charge in [0.1, 0.15) is 5.82 Å². The molecule has 0 saturated carbocycles. The zero-order valence-electron chi connectivity index (χ0n) is 15.5. The minimum Gasteiger partial charge on any atom is -0.462 e. The van der Waals surface area contributed by atoms with Crippen LogP contribution in [0.5, 0.6) is 0 Å². The molecule has 0 bridgehead atoms. The monoisotopic (exact) mass is 375 g/mol. The number of pyridine rings is 1. The van der Waals surface area contributed by atoms with E-state index >= 15 is 0 Å². The Morgan fingerprint density at radius 3 is 2.54 bits per heavy atom. The minimum atomic E-state index is -0.414. The molecule has 28 heavy (non-hydrogen) atoms. The van der Waals surface area contributed by atoms with Crippen LogP contribution in [0.2, 0.25) is 0 Å². The lowest BCUT2D eigenvalue weighted by Crippen LogP contribution is -2.22. The first-order valence-electron chi connectivity index (χ1n) is 8.98. The van der Waals surface area contributed by atoms with E-state index in [1.54, 1.807) is 43.5 Å². The van der Waals surface area contributed by atoms with E-state index in [1.807, 2.05) is 36.4 Å². The summed E-state index contributed by atoms with van der Waals surface area (Å²) in [7, 11) is 0. The zero-order valence-corrected chi connectivity index (χ0v) is 15.5. The highest BCUT2D eigenvalue weighted by Gasteiger charge is 2.13. The lowest BCUT2D eigenvalue weighted by Gasteiger charge is -2.11. The van der Waals surface area contributed by atoms with Gasteiger partial charge in [0.25, 0.3) is 5.91 Å². The van der Waals surface area contributed by atoms with Crippen molar-refractivity contribution in [1.29, 1.82) is 0 Å². The number of amides is 1. The number of carbonyl (C=O) groups is 2. The van der Waals surface area contributed by atoms with Crippen LogP contribution in [0.25, 0.3) is 0 Å². The molecule has 142 valence electrons. The van der Waals surface area contributed by atoms with Gasteiger partial charge in [-0.2, -0.15) is 0 Å². The third-order valence-electron chi connectivity index (χ3n) is 4.00. The normalized spacial score (nSPS) is 10.2. The summed E-state index contributed by atoms with van der Waals surface area (Å²) < 4.78 is 5.08. The maximum atomic E-state index is 12.4. The smallest absolute Gasteiger partial charge is 0.340 e. The van der Waals surface area contributed by atoms with Gasteiger partial charge in [-0.3, -0.25) is 4.79 Å². The maximum Gasteiger partial charge on any atom is 0.340 e. The molecule has 1 heterocycles. The lowest BCUT2D eigenvalue weighted by atomic mass is 10.1. The summed E-state index contributed by atoms with van der Waals surface area (Å²) >= 11 is 0. The number of hydrogen-bond donors (Lipinski definition) is 2. The number of nitrogens with one attached hydrogen (secondary N) is 2. The maximum absolute atomic E-state index is 12.4. The van der Waals surface area contributed by atoms with Crippen LogP contribution in [0.3, 0.4) is 0 Å². The Morgan fingerprint density at radius 1 is 1.00 bits per heavy atom. The van der Waals surface area contributed by atoms with Crippen molar-refractivity contribution in [2.75, 3.05) is 11.9 Å². The van der Waals surface area contributed by atoms with E-state index in [9.17, 15) is 9.59 Å². The van der Waals surface area contributed by atoms with Gasteiger partial charge in [-0.25, -0.2) is 9.78 Å². The van der Waals surface area contributed by atoms with Crippen molar-refractivity contribution >= 4 is 23.4 Å². The van der Waals surface area contributed by atoms with Crippen molar-refractivity contribution in [1.82, 2.24) is 10.3 Å². The van der Waals surface area contributed by atoms with Crippen LogP contribution in [0.1, 0.15) is 33.2 Å². The molecule has 6 heteroatoms. The number of benzene rings is 2. The van der Waals surface area contributed by atoms with Crippen molar-refractivity contribution in [3.8, 4) is 0 Å². The van der Waals surface area contributed by atoms with Gasteiger partial charge >= 0.3 is 5.97 Å². The molecule has 0 atom stereocenters. The Balaban J connectivity index is 1.72. The molecule has 1 amide bonds. The molecule has 0 aliphatic carbocycles. The molecule has 0 aliphatic heterocycles. The molecule has 2 N–H and O–H groups in total. The molecule has 6 nitrogen and oxygen atoms in total. The molecule has 3 rings (SSSR count). The molecule has 0 fully saturated rings. The van der Waals surface area contributed by atoms with E-state index in [-0.39, 0.29) is 5.91 Å². The van der Waals surface area contributed by atoms with E-state index in [2.05, 4.69) is 15.6 Å². The number of carbonyl (C=O) groups excluding carboxylic acids is 2. The summed E-state index contributed by atoms with van der Waals surface area (Å²) in [4.78, 5) is 28.8. The van der Waals surface area contributed by atoms with E-state index in [0.717, 1.165) is 5.56 Å². The van der Waals surface area contributed by atoms with Crippen LogP contribution in [0, 0.1) is 0 Å². The number of aromatic nitrogens is 1. The van der Waals surface area contributed by atoms with Gasteiger partial charge in [-0.1, -0.05) is 42.5 Å². The van der Waals surface area contributed by atoms with Crippen molar-refractivity contribution in [2.45, 2.75) is 13.5 Å². The number of ether oxygens (including phenoxy) is 1. The van der Waals surface area contributed by atoms with Gasteiger partial charge in [0.05, 0.1) is 17.9 Å². The highest BCUT2D eigenvalue weighted by Crippen LogP contribution is 2.21. The van der Waals surface area contributed by atoms with Crippen LogP contribution in [0.4, 0.5) is 11.5 Å². The van der Waals surface area contributed by atoms with E-state index in [4.69, 9.17) is 4.74 Å². The summed E-state index contributed by atoms with van der Waals surface area (Å²) in [6.07, 6.45) is 1.55. The first kappa shape index (κ1) is 19.1. The topological polar surface area (TPSA) is 80.3 Å². The van der Waals surface area contributed by atoms with Crippen LogP contribution < -0.4 is 10.6 Å². The molecule has 1 aromatic heterocycles. The fraction of sp³-hybridized carbons (Fsp3) is 0.136. The molecule has 0 unspecified atom stereocenters. The second kappa shape index (κ2) is 9.32. The van der Waals surface area contributed by atoms with Gasteiger partial charge < -0.3 is 15.4 Å². The summed E-state index contributed by atoms with van der Waals surface area (Å²) in [5.74, 6) is -0.153. The number of rotatable bonds is 7. The Labute approximate surface area is 163 Å². The van der Waals surface area contributed by atoms with Crippen LogP contribution in [-0.4, -0.2) is 23.5 Å². The van der Waals surface area contributed by atoms with Gasteiger partial charge in [0, 0.05) is 18.3 Å². The van der Waals surface area contributed by atoms with Crippen LogP contribution in [-0.2, 0) is 11.3 Å². The van der Waals surface area contributed by atoms with Gasteiger partial charge in [0.15, 0.2) is 0 Å². The minimum absolute atomic E-state index is 0.201. The average molecular weight is 375 g/mol. The summed E-state index contributed by atoms with van der Waals surface area (Å²) in [5, 5.41) is 5.97. The fourth-order valence-corrected chi connectivity index (χ4v) is 2.64. The van der Waals surface area contributed by atoms with Crippen molar-refractivity contribution in [2.24, 2.45) is 0 Å². The van der Waals surface area contributed by atoms with Crippen molar-refractivity contribution in [3.05, 3.63) is 89.6 Å². The summed E-state index contributed by atoms with van der Waals surface area (Å²) in [6.45, 7) is 2.49. The molecular weight excluding hydrogens is 354 g/mol. The largest absolute Gasteiger partial charge is 0.462 e. The molecule has 0 spiro atoms. The first-order chi connectivity index (χ1) is 13.7. The molecule has 3 aromatic rings. The third kappa shape index (κ3) is 4.94. The third-order valence-corrected chi connectivity index (χ3v) is 4.00. The zero-order chi connectivity index (χ0) is 19.8. The standard InChI is InChI=1S/C22H21N3O3/c1-2-28-22(27)18-10-6-7-11-19(18)25-20-14-17(12-13-23-20)21(26)24-15-16-8-4-3-5-9-16/h3-14H,2,15H2,1H3,(H,23,25)(H,24,26). The van der Waals surface area contributed by atoms with E-state index in [0.29, 0.717) is 35.8 Å². The average Bonchev–Trinajstić information content (AvgIpc) is 2.73. The molecule has 0 saturated heterocycles. The number of anilines is 2. The molecule has 0 aliphatic rings. The molecule has 0 radical (unpaired) electrons. The second-order valence-electron chi connectivity index (χ2n) is 5.99. The van der Waals surface area contributed by atoms with Gasteiger partial charge in [0.2, 0.25) is 0 Å². The van der Waals surface area contributed by atoms with Crippen LogP contribution >= 0.6 is 0 Å². The Hall–Kier alpha value is -3.67. The van der Waals surface area contributed by atoms with Crippen molar-refractivity contribution < 1.29 is 14.3 Å². The second-order valence-corrected chi connectivity index (χ2v) is 5.99. The van der Waals surface area contributed by atoms with Crippen LogP contribution in [0.15, 0.2) is 72.9 Å². The molecular formula is C22H21N3O3. The SMILES string of the molecule is CCOC(=O)c1ccccc1Nc1cc(C(=O)NCc2ccccc2)ccn1. The fourth-order valence-electron chi connectivity index (χ4n) is 2.64. The predicted octanol–water partition coefficient (Wildman–Crippen LogP) is 3.93.